The third-order valence-electron chi connectivity index (χ3n) is 3.87. The highest BCUT2D eigenvalue weighted by Gasteiger charge is 2.20. The number of nitrogens with zero attached hydrogens (tertiary/aromatic N) is 1. The number of guanidine groups is 1. The minimum atomic E-state index is 0. The van der Waals surface area contributed by atoms with Crippen molar-refractivity contribution in [3.8, 4) is 5.75 Å². The molecule has 0 spiro atoms. The number of unbranched alkanes of at least 4 members (excludes halogenated alkanes) is 1. The second-order valence-electron chi connectivity index (χ2n) is 5.92. The fourth-order valence-corrected chi connectivity index (χ4v) is 2.20. The number of ether oxygens (including phenoxy) is 1. The molecular weight excluding hydrogens is 401 g/mol. The fraction of sp³-hybridized carbons (Fsp3) is 0.611. The second kappa shape index (κ2) is 11.5. The number of hydrogen-bond acceptors (Lipinski definition) is 2. The van der Waals surface area contributed by atoms with Crippen molar-refractivity contribution in [2.24, 2.45) is 10.9 Å². The molecule has 23 heavy (non-hydrogen) atoms. The summed E-state index contributed by atoms with van der Waals surface area (Å²) >= 11 is 0. The van der Waals surface area contributed by atoms with Crippen LogP contribution < -0.4 is 15.4 Å². The van der Waals surface area contributed by atoms with Crippen LogP contribution in [0.15, 0.2) is 29.3 Å². The van der Waals surface area contributed by atoms with Crippen molar-refractivity contribution in [2.45, 2.75) is 39.0 Å². The lowest BCUT2D eigenvalue weighted by Crippen LogP contribution is -2.39. The van der Waals surface area contributed by atoms with E-state index in [1.54, 1.807) is 0 Å². The Kier molecular flexibility index (Phi) is 10.1. The summed E-state index contributed by atoms with van der Waals surface area (Å²) in [5.74, 6) is 2.73. The third-order valence-corrected chi connectivity index (χ3v) is 3.87. The van der Waals surface area contributed by atoms with E-state index >= 15 is 0 Å². The molecule has 0 amide bonds. The van der Waals surface area contributed by atoms with E-state index in [1.165, 1.54) is 24.8 Å². The van der Waals surface area contributed by atoms with Gasteiger partial charge in [0.05, 0.1) is 6.61 Å². The van der Waals surface area contributed by atoms with Gasteiger partial charge in [0, 0.05) is 20.1 Å². The number of nitrogens with one attached hydrogen (secondary N) is 2. The van der Waals surface area contributed by atoms with Gasteiger partial charge in [-0.2, -0.15) is 0 Å². The SMILES string of the molecule is CCCCOc1ccc(CCNC(=NC)NCC2CC2)cc1.I. The Morgan fingerprint density at radius 2 is 1.96 bits per heavy atom. The van der Waals surface area contributed by atoms with Gasteiger partial charge in [0.2, 0.25) is 0 Å². The minimum absolute atomic E-state index is 0. The summed E-state index contributed by atoms with van der Waals surface area (Å²) in [7, 11) is 1.82. The maximum Gasteiger partial charge on any atom is 0.190 e. The Bertz CT molecular complexity index is 458. The van der Waals surface area contributed by atoms with E-state index in [-0.39, 0.29) is 24.0 Å². The minimum Gasteiger partial charge on any atom is -0.494 e. The van der Waals surface area contributed by atoms with E-state index in [4.69, 9.17) is 4.74 Å². The molecule has 5 heteroatoms. The number of rotatable bonds is 9. The fourth-order valence-electron chi connectivity index (χ4n) is 2.20. The van der Waals surface area contributed by atoms with Crippen molar-refractivity contribution in [3.63, 3.8) is 0 Å². The smallest absolute Gasteiger partial charge is 0.190 e. The summed E-state index contributed by atoms with van der Waals surface area (Å²) in [5.41, 5.74) is 1.31. The summed E-state index contributed by atoms with van der Waals surface area (Å²) in [6.07, 6.45) is 5.98. The lowest BCUT2D eigenvalue weighted by molar-refractivity contribution is 0.309. The zero-order valence-electron chi connectivity index (χ0n) is 14.3. The number of halogens is 1. The van der Waals surface area contributed by atoms with Crippen molar-refractivity contribution in [2.75, 3.05) is 26.7 Å². The van der Waals surface area contributed by atoms with Crippen molar-refractivity contribution in [1.29, 1.82) is 0 Å². The van der Waals surface area contributed by atoms with Crippen LogP contribution in [0, 0.1) is 5.92 Å². The molecule has 4 nitrogen and oxygen atoms in total. The molecular formula is C18H30IN3O. The molecule has 0 radical (unpaired) electrons. The van der Waals surface area contributed by atoms with E-state index in [1.807, 2.05) is 7.05 Å². The molecule has 0 aliphatic heterocycles. The van der Waals surface area contributed by atoms with Gasteiger partial charge in [-0.15, -0.1) is 24.0 Å². The first kappa shape index (κ1) is 20.1. The maximum absolute atomic E-state index is 5.68. The lowest BCUT2D eigenvalue weighted by atomic mass is 10.1. The third kappa shape index (κ3) is 8.44. The van der Waals surface area contributed by atoms with Gasteiger partial charge < -0.3 is 15.4 Å². The Morgan fingerprint density at radius 3 is 2.57 bits per heavy atom. The molecule has 0 unspecified atom stereocenters. The van der Waals surface area contributed by atoms with Crippen molar-refractivity contribution in [1.82, 2.24) is 10.6 Å². The number of aliphatic imine (C=N–C) groups is 1. The molecule has 0 atom stereocenters. The normalized spacial score (nSPS) is 14.1. The van der Waals surface area contributed by atoms with Gasteiger partial charge in [0.1, 0.15) is 5.75 Å². The van der Waals surface area contributed by atoms with Gasteiger partial charge in [0.25, 0.3) is 0 Å². The van der Waals surface area contributed by atoms with Crippen molar-refractivity contribution < 1.29 is 4.74 Å². The van der Waals surface area contributed by atoms with Crippen molar-refractivity contribution >= 4 is 29.9 Å². The topological polar surface area (TPSA) is 45.6 Å². The zero-order valence-corrected chi connectivity index (χ0v) is 16.6. The summed E-state index contributed by atoms with van der Waals surface area (Å²) in [6, 6.07) is 8.41. The van der Waals surface area contributed by atoms with E-state index in [9.17, 15) is 0 Å². The van der Waals surface area contributed by atoms with Gasteiger partial charge in [0.15, 0.2) is 5.96 Å². The molecule has 1 aromatic rings. The van der Waals surface area contributed by atoms with Crippen LogP contribution in [0.3, 0.4) is 0 Å². The van der Waals surface area contributed by atoms with Gasteiger partial charge >= 0.3 is 0 Å². The Labute approximate surface area is 157 Å². The molecule has 0 bridgehead atoms. The molecule has 1 aromatic carbocycles. The van der Waals surface area contributed by atoms with Gasteiger partial charge in [-0.25, -0.2) is 0 Å². The predicted octanol–water partition coefficient (Wildman–Crippen LogP) is 3.60. The lowest BCUT2D eigenvalue weighted by Gasteiger charge is -2.11. The largest absolute Gasteiger partial charge is 0.494 e. The van der Waals surface area contributed by atoms with E-state index in [2.05, 4.69) is 46.8 Å². The Morgan fingerprint density at radius 1 is 1.22 bits per heavy atom. The van der Waals surface area contributed by atoms with Crippen LogP contribution in [-0.2, 0) is 6.42 Å². The molecule has 130 valence electrons. The molecule has 0 aromatic heterocycles. The monoisotopic (exact) mass is 431 g/mol. The van der Waals surface area contributed by atoms with E-state index < -0.39 is 0 Å². The summed E-state index contributed by atoms with van der Waals surface area (Å²) in [4.78, 5) is 4.25. The van der Waals surface area contributed by atoms with Crippen LogP contribution >= 0.6 is 24.0 Å². The number of benzene rings is 1. The summed E-state index contributed by atoms with van der Waals surface area (Å²) < 4.78 is 5.68. The Balaban J connectivity index is 0.00000264. The highest BCUT2D eigenvalue weighted by atomic mass is 127. The standard InChI is InChI=1S/C18H29N3O.HI/c1-3-4-13-22-17-9-7-15(8-10-17)11-12-20-18(19-2)21-14-16-5-6-16;/h7-10,16H,3-6,11-14H2,1-2H3,(H2,19,20,21);1H. The molecule has 2 N–H and O–H groups in total. The van der Waals surface area contributed by atoms with Gasteiger partial charge in [-0.3, -0.25) is 4.99 Å². The first-order valence-electron chi connectivity index (χ1n) is 8.48. The number of hydrogen-bond donors (Lipinski definition) is 2. The van der Waals surface area contributed by atoms with Gasteiger partial charge in [-0.1, -0.05) is 25.5 Å². The van der Waals surface area contributed by atoms with Crippen LogP contribution in [-0.4, -0.2) is 32.7 Å². The molecule has 0 heterocycles. The van der Waals surface area contributed by atoms with E-state index in [0.29, 0.717) is 0 Å². The molecule has 1 fully saturated rings. The molecule has 0 saturated heterocycles. The van der Waals surface area contributed by atoms with Crippen LogP contribution in [0.25, 0.3) is 0 Å². The Hall–Kier alpha value is -0.980. The highest BCUT2D eigenvalue weighted by Crippen LogP contribution is 2.27. The summed E-state index contributed by atoms with van der Waals surface area (Å²) in [6.45, 7) is 4.91. The summed E-state index contributed by atoms with van der Waals surface area (Å²) in [5, 5.41) is 6.74. The molecule has 2 rings (SSSR count). The molecule has 1 aliphatic rings. The maximum atomic E-state index is 5.68. The van der Waals surface area contributed by atoms with E-state index in [0.717, 1.165) is 50.2 Å². The first-order valence-corrected chi connectivity index (χ1v) is 8.48. The predicted molar refractivity (Wildman–Crippen MR) is 108 cm³/mol. The van der Waals surface area contributed by atoms with Crippen molar-refractivity contribution in [3.05, 3.63) is 29.8 Å². The van der Waals surface area contributed by atoms with Crippen LogP contribution in [0.2, 0.25) is 0 Å². The average Bonchev–Trinajstić information content (AvgIpc) is 3.36. The second-order valence-corrected chi connectivity index (χ2v) is 5.92. The average molecular weight is 431 g/mol. The highest BCUT2D eigenvalue weighted by molar-refractivity contribution is 14.0. The first-order chi connectivity index (χ1) is 10.8. The van der Waals surface area contributed by atoms with Crippen LogP contribution in [0.5, 0.6) is 5.75 Å². The quantitative estimate of drug-likeness (QED) is 0.272. The molecule has 1 aliphatic carbocycles. The molecule has 1 saturated carbocycles. The van der Waals surface area contributed by atoms with Gasteiger partial charge in [-0.05, 0) is 49.3 Å². The van der Waals surface area contributed by atoms with Crippen LogP contribution in [0.1, 0.15) is 38.2 Å². The zero-order chi connectivity index (χ0) is 15.6. The van der Waals surface area contributed by atoms with Crippen LogP contribution in [0.4, 0.5) is 0 Å².